The summed E-state index contributed by atoms with van der Waals surface area (Å²) in [7, 11) is 1.54. The lowest BCUT2D eigenvalue weighted by atomic mass is 9.84. The number of amides is 2. The molecule has 11 nitrogen and oxygen atoms in total. The van der Waals surface area contributed by atoms with Crippen molar-refractivity contribution in [1.29, 1.82) is 0 Å². The highest BCUT2D eigenvalue weighted by Gasteiger charge is 2.48. The van der Waals surface area contributed by atoms with Gasteiger partial charge in [-0.1, -0.05) is 31.5 Å². The molecule has 1 saturated heterocycles. The predicted molar refractivity (Wildman–Crippen MR) is 165 cm³/mol. The summed E-state index contributed by atoms with van der Waals surface area (Å²) >= 11 is 0. The molecule has 2 aromatic rings. The number of hydrogen-bond donors (Lipinski definition) is 2. The van der Waals surface area contributed by atoms with Crippen molar-refractivity contribution in [3.8, 4) is 17.2 Å². The van der Waals surface area contributed by atoms with Crippen LogP contribution in [0.2, 0.25) is 0 Å². The lowest BCUT2D eigenvalue weighted by Crippen LogP contribution is -2.46. The number of likely N-dealkylation sites (tertiary alicyclic amines) is 1. The minimum Gasteiger partial charge on any atom is -0.493 e. The van der Waals surface area contributed by atoms with Crippen molar-refractivity contribution in [3.63, 3.8) is 0 Å². The second-order valence-electron chi connectivity index (χ2n) is 11.8. The third-order valence-electron chi connectivity index (χ3n) is 9.07. The maximum absolute atomic E-state index is 13.8. The summed E-state index contributed by atoms with van der Waals surface area (Å²) in [5.74, 6) is -0.712. The van der Waals surface area contributed by atoms with Crippen LogP contribution in [0, 0.1) is 5.92 Å². The zero-order valence-electron chi connectivity index (χ0n) is 25.7. The molecule has 0 radical (unpaired) electrons. The Balaban J connectivity index is 1.44. The van der Waals surface area contributed by atoms with E-state index >= 15 is 0 Å². The van der Waals surface area contributed by atoms with Crippen molar-refractivity contribution >= 4 is 23.5 Å². The fourth-order valence-corrected chi connectivity index (χ4v) is 6.81. The summed E-state index contributed by atoms with van der Waals surface area (Å²) in [6, 6.07) is 10.9. The van der Waals surface area contributed by atoms with E-state index in [0.29, 0.717) is 62.8 Å². The number of para-hydroxylation sites is 1. The Morgan fingerprint density at radius 3 is 2.68 bits per heavy atom. The number of rotatable bonds is 15. The van der Waals surface area contributed by atoms with Crippen LogP contribution in [0.3, 0.4) is 0 Å². The van der Waals surface area contributed by atoms with Gasteiger partial charge >= 0.3 is 5.97 Å². The van der Waals surface area contributed by atoms with Crippen molar-refractivity contribution in [3.05, 3.63) is 47.5 Å². The largest absolute Gasteiger partial charge is 0.493 e. The van der Waals surface area contributed by atoms with Crippen molar-refractivity contribution in [2.45, 2.75) is 57.4 Å². The number of nitrogens with two attached hydrogens (primary N) is 1. The Hall–Kier alpha value is -3.83. The first-order valence-electron chi connectivity index (χ1n) is 15.7. The molecule has 11 heteroatoms. The van der Waals surface area contributed by atoms with Crippen LogP contribution in [-0.4, -0.2) is 91.9 Å². The van der Waals surface area contributed by atoms with Crippen LogP contribution < -0.4 is 24.8 Å². The van der Waals surface area contributed by atoms with Gasteiger partial charge in [0.05, 0.1) is 26.0 Å². The van der Waals surface area contributed by atoms with Gasteiger partial charge < -0.3 is 34.9 Å². The van der Waals surface area contributed by atoms with E-state index in [-0.39, 0.29) is 25.2 Å². The quantitative estimate of drug-likeness (QED) is 0.292. The number of fused-ring (bicyclic) bond motifs is 2. The molecule has 2 aromatic carbocycles. The predicted octanol–water partition coefficient (Wildman–Crippen LogP) is 3.24. The molecule has 3 heterocycles. The molecule has 0 aromatic heterocycles. The molecule has 0 aliphatic carbocycles. The molecule has 0 saturated carbocycles. The molecular formula is C33H44N4O7. The zero-order valence-corrected chi connectivity index (χ0v) is 25.7. The number of ether oxygens (including phenoxy) is 3. The average molecular weight is 609 g/mol. The van der Waals surface area contributed by atoms with Crippen LogP contribution in [0.15, 0.2) is 36.4 Å². The summed E-state index contributed by atoms with van der Waals surface area (Å²) in [5.41, 5.74) is 8.31. The first-order valence-corrected chi connectivity index (χ1v) is 15.7. The Morgan fingerprint density at radius 1 is 1.14 bits per heavy atom. The van der Waals surface area contributed by atoms with Crippen molar-refractivity contribution in [1.82, 2.24) is 9.80 Å². The molecule has 3 N–H and O–H groups in total. The molecule has 238 valence electrons. The SMILES string of the molecule is CCCCN(CCCCN)C(=O)CN1C[C@H](c2cc(OC)c3c(c2)OCO3)[C@@H](C(=O)O)[C@@H]1CCN1C(=O)Cc2ccccc21. The van der Waals surface area contributed by atoms with Crippen LogP contribution >= 0.6 is 0 Å². The normalized spacial score (nSPS) is 20.7. The molecule has 1 fully saturated rings. The van der Waals surface area contributed by atoms with Crippen molar-refractivity contribution in [2.24, 2.45) is 11.7 Å². The van der Waals surface area contributed by atoms with E-state index < -0.39 is 23.8 Å². The highest BCUT2D eigenvalue weighted by molar-refractivity contribution is 6.01. The first-order chi connectivity index (χ1) is 21.4. The number of carboxylic acid groups (broad SMARTS) is 1. The van der Waals surface area contributed by atoms with E-state index in [2.05, 4.69) is 6.92 Å². The number of aliphatic carboxylic acids is 1. The van der Waals surface area contributed by atoms with Gasteiger partial charge in [0.25, 0.3) is 0 Å². The number of benzene rings is 2. The highest BCUT2D eigenvalue weighted by atomic mass is 16.7. The number of carbonyl (C=O) groups is 3. The number of unbranched alkanes of at least 4 members (excludes halogenated alkanes) is 2. The number of hydrogen-bond acceptors (Lipinski definition) is 8. The Bertz CT molecular complexity index is 1350. The zero-order chi connectivity index (χ0) is 31.2. The van der Waals surface area contributed by atoms with Gasteiger partial charge in [0.1, 0.15) is 0 Å². The van der Waals surface area contributed by atoms with Gasteiger partial charge in [0.2, 0.25) is 24.4 Å². The Morgan fingerprint density at radius 2 is 1.93 bits per heavy atom. The molecule has 2 amide bonds. The van der Waals surface area contributed by atoms with E-state index in [1.807, 2.05) is 46.2 Å². The van der Waals surface area contributed by atoms with Crippen LogP contribution in [0.5, 0.6) is 17.2 Å². The lowest BCUT2D eigenvalue weighted by Gasteiger charge is -2.31. The number of methoxy groups -OCH3 is 1. The highest BCUT2D eigenvalue weighted by Crippen LogP contribution is 2.47. The minimum atomic E-state index is -0.939. The van der Waals surface area contributed by atoms with Gasteiger partial charge in [-0.2, -0.15) is 0 Å². The lowest BCUT2D eigenvalue weighted by molar-refractivity contribution is -0.143. The molecule has 3 aliphatic rings. The third kappa shape index (κ3) is 6.63. The maximum Gasteiger partial charge on any atom is 0.308 e. The van der Waals surface area contributed by atoms with E-state index in [0.717, 1.165) is 42.5 Å². The van der Waals surface area contributed by atoms with Gasteiger partial charge in [0.15, 0.2) is 11.5 Å². The van der Waals surface area contributed by atoms with Crippen LogP contribution in [0.25, 0.3) is 0 Å². The van der Waals surface area contributed by atoms with Gasteiger partial charge in [-0.05, 0) is 61.6 Å². The standard InChI is InChI=1S/C33H44N4O7/c1-3-4-13-35(14-8-7-12-34)30(39)20-36-19-24(23-16-27(42-2)32-28(17-23)43-21-44-32)31(33(40)41)26(36)11-15-37-25-10-6-5-9-22(25)18-29(37)38/h5-6,9-10,16-17,24,26,31H,3-4,7-8,11-15,18-21,34H2,1-2H3,(H,40,41)/t24-,26+,31-/m1/s1. The van der Waals surface area contributed by atoms with Crippen molar-refractivity contribution < 1.29 is 33.7 Å². The number of anilines is 1. The molecule has 0 unspecified atom stereocenters. The van der Waals surface area contributed by atoms with E-state index in [9.17, 15) is 19.5 Å². The number of carboxylic acids is 1. The second-order valence-corrected chi connectivity index (χ2v) is 11.8. The van der Waals surface area contributed by atoms with Crippen LogP contribution in [-0.2, 0) is 20.8 Å². The monoisotopic (exact) mass is 608 g/mol. The third-order valence-corrected chi connectivity index (χ3v) is 9.07. The maximum atomic E-state index is 13.8. The fourth-order valence-electron chi connectivity index (χ4n) is 6.81. The Labute approximate surface area is 258 Å². The van der Waals surface area contributed by atoms with Crippen LogP contribution in [0.1, 0.15) is 56.1 Å². The van der Waals surface area contributed by atoms with E-state index in [1.165, 1.54) is 0 Å². The molecule has 0 bridgehead atoms. The van der Waals surface area contributed by atoms with Gasteiger partial charge in [0, 0.05) is 43.8 Å². The van der Waals surface area contributed by atoms with Crippen molar-refractivity contribution in [2.75, 3.05) is 58.1 Å². The van der Waals surface area contributed by atoms with Gasteiger partial charge in [-0.3, -0.25) is 19.3 Å². The molecule has 44 heavy (non-hydrogen) atoms. The molecule has 3 atom stereocenters. The van der Waals surface area contributed by atoms with Gasteiger partial charge in [-0.25, -0.2) is 0 Å². The molecular weight excluding hydrogens is 564 g/mol. The number of carbonyl (C=O) groups excluding carboxylic acids is 2. The first kappa shape index (κ1) is 31.6. The molecule has 0 spiro atoms. The second kappa shape index (κ2) is 14.3. The minimum absolute atomic E-state index is 0.00130. The van der Waals surface area contributed by atoms with E-state index in [1.54, 1.807) is 12.0 Å². The summed E-state index contributed by atoms with van der Waals surface area (Å²) < 4.78 is 16.8. The molecule has 5 rings (SSSR count). The van der Waals surface area contributed by atoms with E-state index in [4.69, 9.17) is 19.9 Å². The Kier molecular flexibility index (Phi) is 10.3. The smallest absolute Gasteiger partial charge is 0.308 e. The summed E-state index contributed by atoms with van der Waals surface area (Å²) in [6.07, 6.45) is 4.26. The fraction of sp³-hybridized carbons (Fsp3) is 0.545. The summed E-state index contributed by atoms with van der Waals surface area (Å²) in [4.78, 5) is 45.4. The summed E-state index contributed by atoms with van der Waals surface area (Å²) in [6.45, 7) is 4.84. The topological polar surface area (TPSA) is 135 Å². The number of nitrogens with zero attached hydrogens (tertiary/aromatic N) is 3. The molecule has 3 aliphatic heterocycles. The van der Waals surface area contributed by atoms with Gasteiger partial charge in [-0.15, -0.1) is 0 Å². The summed E-state index contributed by atoms with van der Waals surface area (Å²) in [5, 5.41) is 10.7. The average Bonchev–Trinajstić information content (AvgIpc) is 3.72. The van der Waals surface area contributed by atoms with Crippen LogP contribution in [0.4, 0.5) is 5.69 Å².